The number of phenolic OH excluding ortho intramolecular Hbond substituents is 1. The Kier molecular flexibility index (Phi) is 5.19. The first-order valence-corrected chi connectivity index (χ1v) is 11.9. The molecule has 2 aromatic carbocycles. The highest BCUT2D eigenvalue weighted by Crippen LogP contribution is 2.41. The van der Waals surface area contributed by atoms with Gasteiger partial charge in [-0.1, -0.05) is 28.1 Å². The molecule has 0 bridgehead atoms. The van der Waals surface area contributed by atoms with Crippen molar-refractivity contribution >= 4 is 58.3 Å². The lowest BCUT2D eigenvalue weighted by molar-refractivity contribution is 0.435. The molecule has 0 saturated carbocycles. The normalized spacial score (nSPS) is 12.1. The number of rotatable bonds is 5. The predicted octanol–water partition coefficient (Wildman–Crippen LogP) is 3.93. The van der Waals surface area contributed by atoms with Crippen molar-refractivity contribution < 1.29 is 17.9 Å². The van der Waals surface area contributed by atoms with Gasteiger partial charge in [0.1, 0.15) is 4.70 Å². The number of benzene rings is 2. The van der Waals surface area contributed by atoms with Crippen LogP contribution in [0.5, 0.6) is 5.75 Å². The molecule has 0 aliphatic heterocycles. The zero-order chi connectivity index (χ0) is 20.8. The number of hydrogen-bond donors (Lipinski definition) is 3. The second kappa shape index (κ2) is 7.52. The number of phenols is 1. The quantitative estimate of drug-likeness (QED) is 0.364. The number of alkyl halides is 1. The summed E-state index contributed by atoms with van der Waals surface area (Å²) in [4.78, 5) is 14.9. The van der Waals surface area contributed by atoms with Gasteiger partial charge in [-0.15, -0.1) is 11.3 Å². The minimum absolute atomic E-state index is 0.0523. The Morgan fingerprint density at radius 3 is 2.62 bits per heavy atom. The SMILES string of the molecule is O=c1[nH]c2cc(F)c(O)c(-c3ccc(S(=O)(=O)NCCBr)cc3)c2c2ccsc12. The number of thiophene rings is 1. The van der Waals surface area contributed by atoms with E-state index in [4.69, 9.17) is 0 Å². The van der Waals surface area contributed by atoms with Crippen molar-refractivity contribution in [3.63, 3.8) is 0 Å². The van der Waals surface area contributed by atoms with E-state index in [0.717, 1.165) is 6.07 Å². The molecule has 2 heterocycles. The van der Waals surface area contributed by atoms with Crippen LogP contribution in [-0.4, -0.2) is 30.4 Å². The van der Waals surface area contributed by atoms with Gasteiger partial charge < -0.3 is 10.1 Å². The Hall–Kier alpha value is -2.27. The zero-order valence-corrected chi connectivity index (χ0v) is 17.9. The van der Waals surface area contributed by atoms with Crippen LogP contribution in [-0.2, 0) is 10.0 Å². The average molecular weight is 497 g/mol. The van der Waals surface area contributed by atoms with E-state index in [1.807, 2.05) is 0 Å². The molecule has 0 aliphatic rings. The molecule has 0 unspecified atom stereocenters. The van der Waals surface area contributed by atoms with Gasteiger partial charge in [-0.25, -0.2) is 17.5 Å². The summed E-state index contributed by atoms with van der Waals surface area (Å²) in [7, 11) is -3.68. The van der Waals surface area contributed by atoms with Gasteiger partial charge in [0, 0.05) is 34.3 Å². The van der Waals surface area contributed by atoms with E-state index in [1.165, 1.54) is 35.6 Å². The lowest BCUT2D eigenvalue weighted by Crippen LogP contribution is -2.25. The van der Waals surface area contributed by atoms with E-state index in [0.29, 0.717) is 26.4 Å². The number of halogens is 2. The molecule has 2 aromatic heterocycles. The molecule has 150 valence electrons. The van der Waals surface area contributed by atoms with Crippen LogP contribution in [0.4, 0.5) is 4.39 Å². The van der Waals surface area contributed by atoms with Crippen molar-refractivity contribution in [2.75, 3.05) is 11.9 Å². The number of sulfonamides is 1. The maximum absolute atomic E-state index is 14.4. The summed E-state index contributed by atoms with van der Waals surface area (Å²) in [5.41, 5.74) is 0.530. The fourth-order valence-corrected chi connectivity index (χ4v) is 5.51. The molecule has 3 N–H and O–H groups in total. The second-order valence-electron chi connectivity index (χ2n) is 6.23. The topological polar surface area (TPSA) is 99.3 Å². The molecule has 0 saturated heterocycles. The monoisotopic (exact) mass is 496 g/mol. The molecule has 0 atom stereocenters. The number of aromatic amines is 1. The number of H-pyrrole nitrogens is 1. The molecule has 0 radical (unpaired) electrons. The van der Waals surface area contributed by atoms with E-state index in [9.17, 15) is 22.7 Å². The summed E-state index contributed by atoms with van der Waals surface area (Å²) in [6.07, 6.45) is 0. The highest BCUT2D eigenvalue weighted by Gasteiger charge is 2.20. The van der Waals surface area contributed by atoms with Crippen LogP contribution in [0.1, 0.15) is 0 Å². The second-order valence-corrected chi connectivity index (χ2v) is 9.71. The van der Waals surface area contributed by atoms with Crippen LogP contribution in [0.25, 0.3) is 32.1 Å². The summed E-state index contributed by atoms with van der Waals surface area (Å²) in [5.74, 6) is -1.45. The molecule has 0 spiro atoms. The van der Waals surface area contributed by atoms with Gasteiger partial charge >= 0.3 is 0 Å². The van der Waals surface area contributed by atoms with Crippen molar-refractivity contribution in [1.82, 2.24) is 9.71 Å². The third-order valence-electron chi connectivity index (χ3n) is 4.48. The third kappa shape index (κ3) is 3.46. The standard InChI is InChI=1S/C19H14BrFN2O4S2/c20-6-7-22-29(26,27)11-3-1-10(2-4-11)15-16-12-5-8-28-18(12)19(25)23-14(16)9-13(21)17(15)24/h1-5,8-9,22,24H,6-7H2,(H,23,25). The van der Waals surface area contributed by atoms with Crippen molar-refractivity contribution in [2.24, 2.45) is 0 Å². The molecule has 4 aromatic rings. The van der Waals surface area contributed by atoms with E-state index in [2.05, 4.69) is 25.6 Å². The van der Waals surface area contributed by atoms with Gasteiger partial charge in [0.15, 0.2) is 11.6 Å². The van der Waals surface area contributed by atoms with Crippen molar-refractivity contribution in [1.29, 1.82) is 0 Å². The Morgan fingerprint density at radius 1 is 1.21 bits per heavy atom. The van der Waals surface area contributed by atoms with Gasteiger partial charge in [-0.3, -0.25) is 4.79 Å². The molecule has 6 nitrogen and oxygen atoms in total. The Morgan fingerprint density at radius 2 is 1.93 bits per heavy atom. The molecular weight excluding hydrogens is 483 g/mol. The predicted molar refractivity (Wildman–Crippen MR) is 116 cm³/mol. The highest BCUT2D eigenvalue weighted by molar-refractivity contribution is 9.09. The average Bonchev–Trinajstić information content (AvgIpc) is 3.19. The van der Waals surface area contributed by atoms with Crippen molar-refractivity contribution in [3.05, 3.63) is 57.9 Å². The first kappa shape index (κ1) is 20.0. The third-order valence-corrected chi connectivity index (χ3v) is 7.27. The van der Waals surface area contributed by atoms with Gasteiger partial charge in [-0.2, -0.15) is 0 Å². The molecule has 0 aliphatic carbocycles. The van der Waals surface area contributed by atoms with Crippen molar-refractivity contribution in [2.45, 2.75) is 4.90 Å². The molecule has 10 heteroatoms. The largest absolute Gasteiger partial charge is 0.504 e. The van der Waals surface area contributed by atoms with Gasteiger partial charge in [0.2, 0.25) is 10.0 Å². The number of nitrogens with one attached hydrogen (secondary N) is 2. The van der Waals surface area contributed by atoms with Crippen LogP contribution in [0, 0.1) is 5.82 Å². The van der Waals surface area contributed by atoms with E-state index in [-0.39, 0.29) is 28.1 Å². The number of aromatic nitrogens is 1. The van der Waals surface area contributed by atoms with Gasteiger partial charge in [0.05, 0.1) is 10.4 Å². The van der Waals surface area contributed by atoms with Gasteiger partial charge in [0.25, 0.3) is 5.56 Å². The number of aromatic hydroxyl groups is 1. The highest BCUT2D eigenvalue weighted by atomic mass is 79.9. The molecule has 0 fully saturated rings. The zero-order valence-electron chi connectivity index (χ0n) is 14.7. The first-order valence-electron chi connectivity index (χ1n) is 8.44. The fraction of sp³-hybridized carbons (Fsp3) is 0.105. The summed E-state index contributed by atoms with van der Waals surface area (Å²) < 4.78 is 41.8. The number of hydrogen-bond acceptors (Lipinski definition) is 5. The summed E-state index contributed by atoms with van der Waals surface area (Å²) in [5, 5.41) is 13.8. The Balaban J connectivity index is 1.95. The van der Waals surface area contributed by atoms with Crippen LogP contribution >= 0.6 is 27.3 Å². The van der Waals surface area contributed by atoms with Crippen LogP contribution in [0.2, 0.25) is 0 Å². The minimum atomic E-state index is -3.68. The first-order chi connectivity index (χ1) is 13.8. The van der Waals surface area contributed by atoms with Crippen LogP contribution < -0.4 is 10.3 Å². The van der Waals surface area contributed by atoms with Crippen molar-refractivity contribution in [3.8, 4) is 16.9 Å². The summed E-state index contributed by atoms with van der Waals surface area (Å²) in [6, 6.07) is 8.59. The van der Waals surface area contributed by atoms with Crippen LogP contribution in [0.3, 0.4) is 0 Å². The molecule has 0 amide bonds. The van der Waals surface area contributed by atoms with Crippen LogP contribution in [0.15, 0.2) is 51.5 Å². The maximum Gasteiger partial charge on any atom is 0.266 e. The minimum Gasteiger partial charge on any atom is -0.504 e. The lowest BCUT2D eigenvalue weighted by atomic mass is 9.97. The maximum atomic E-state index is 14.4. The fourth-order valence-electron chi connectivity index (χ4n) is 3.22. The van der Waals surface area contributed by atoms with E-state index >= 15 is 0 Å². The summed E-state index contributed by atoms with van der Waals surface area (Å²) in [6.45, 7) is 0.239. The summed E-state index contributed by atoms with van der Waals surface area (Å²) >= 11 is 4.41. The molecular formula is C19H14BrFN2O4S2. The molecule has 29 heavy (non-hydrogen) atoms. The number of pyridine rings is 1. The smallest absolute Gasteiger partial charge is 0.266 e. The Bertz CT molecular complexity index is 1400. The van der Waals surface area contributed by atoms with E-state index < -0.39 is 21.6 Å². The number of fused-ring (bicyclic) bond motifs is 3. The van der Waals surface area contributed by atoms with E-state index in [1.54, 1.807) is 11.4 Å². The Labute approximate surface area is 177 Å². The van der Waals surface area contributed by atoms with Gasteiger partial charge in [-0.05, 0) is 29.1 Å². The lowest BCUT2D eigenvalue weighted by Gasteiger charge is -2.12. The molecule has 4 rings (SSSR count).